The lowest BCUT2D eigenvalue weighted by Gasteiger charge is -2.13. The molecule has 1 N–H and O–H groups in total. The predicted octanol–water partition coefficient (Wildman–Crippen LogP) is 4.44. The minimum Gasteiger partial charge on any atom is -0.452 e. The van der Waals surface area contributed by atoms with Crippen molar-refractivity contribution >= 4 is 35.1 Å². The van der Waals surface area contributed by atoms with Gasteiger partial charge in [0, 0.05) is 0 Å². The van der Waals surface area contributed by atoms with Crippen LogP contribution in [0, 0.1) is 5.82 Å². The molecule has 0 radical (unpaired) electrons. The summed E-state index contributed by atoms with van der Waals surface area (Å²) in [5.41, 5.74) is -1.67. The van der Waals surface area contributed by atoms with Gasteiger partial charge in [0.1, 0.15) is 5.82 Å². The van der Waals surface area contributed by atoms with E-state index < -0.39 is 53.5 Å². The fourth-order valence-electron chi connectivity index (χ4n) is 3.43. The summed E-state index contributed by atoms with van der Waals surface area (Å²) in [6, 6.07) is 12.5. The zero-order chi connectivity index (χ0) is 25.3. The summed E-state index contributed by atoms with van der Waals surface area (Å²) in [5.74, 6) is -4.01. The van der Waals surface area contributed by atoms with Gasteiger partial charge in [0.05, 0.1) is 33.6 Å². The maximum absolute atomic E-state index is 13.2. The molecule has 1 heterocycles. The van der Waals surface area contributed by atoms with Crippen molar-refractivity contribution in [2.45, 2.75) is 6.18 Å². The van der Waals surface area contributed by atoms with Crippen LogP contribution in [0.5, 0.6) is 0 Å². The average molecular weight is 486 g/mol. The third-order valence-electron chi connectivity index (χ3n) is 5.05. The van der Waals surface area contributed by atoms with E-state index in [0.29, 0.717) is 0 Å². The number of carbonyl (C=O) groups is 4. The van der Waals surface area contributed by atoms with E-state index in [1.165, 1.54) is 30.3 Å². The number of halogens is 4. The Hall–Kier alpha value is -4.54. The first kappa shape index (κ1) is 23.6. The molecule has 4 rings (SSSR count). The van der Waals surface area contributed by atoms with E-state index >= 15 is 0 Å². The van der Waals surface area contributed by atoms with Gasteiger partial charge in [0.2, 0.25) is 0 Å². The molecule has 3 aromatic rings. The summed E-state index contributed by atoms with van der Waals surface area (Å²) >= 11 is 0. The third-order valence-corrected chi connectivity index (χ3v) is 5.05. The van der Waals surface area contributed by atoms with Gasteiger partial charge in [-0.1, -0.05) is 12.1 Å². The SMILES string of the molecule is O=C(COC(=O)c1ccc2c(c1)C(=O)N(c1ccc(F)cc1)C2=O)Nc1ccccc1C(F)(F)F. The molecule has 0 aromatic heterocycles. The second-order valence-corrected chi connectivity index (χ2v) is 7.35. The van der Waals surface area contributed by atoms with Crippen molar-refractivity contribution in [3.05, 3.63) is 94.8 Å². The Morgan fingerprint density at radius 3 is 2.23 bits per heavy atom. The van der Waals surface area contributed by atoms with Crippen molar-refractivity contribution in [2.75, 3.05) is 16.8 Å². The first-order valence-corrected chi connectivity index (χ1v) is 9.98. The number of para-hydroxylation sites is 1. The molecular formula is C24H14F4N2O5. The molecular weight excluding hydrogens is 472 g/mol. The number of alkyl halides is 3. The Kier molecular flexibility index (Phi) is 6.08. The normalized spacial score (nSPS) is 13.0. The quantitative estimate of drug-likeness (QED) is 0.327. The highest BCUT2D eigenvalue weighted by atomic mass is 19.4. The lowest BCUT2D eigenvalue weighted by Crippen LogP contribution is -2.29. The molecule has 0 saturated heterocycles. The van der Waals surface area contributed by atoms with E-state index in [0.717, 1.165) is 41.3 Å². The van der Waals surface area contributed by atoms with Crippen LogP contribution in [-0.2, 0) is 15.7 Å². The molecule has 3 amide bonds. The smallest absolute Gasteiger partial charge is 0.418 e. The molecule has 1 aliphatic heterocycles. The van der Waals surface area contributed by atoms with Crippen molar-refractivity contribution in [1.82, 2.24) is 0 Å². The molecule has 0 atom stereocenters. The molecule has 178 valence electrons. The van der Waals surface area contributed by atoms with Crippen molar-refractivity contribution < 1.29 is 41.5 Å². The second-order valence-electron chi connectivity index (χ2n) is 7.35. The number of nitrogens with one attached hydrogen (secondary N) is 1. The number of amides is 3. The number of nitrogens with zero attached hydrogens (tertiary/aromatic N) is 1. The molecule has 7 nitrogen and oxygen atoms in total. The topological polar surface area (TPSA) is 92.8 Å². The first-order valence-electron chi connectivity index (χ1n) is 9.98. The van der Waals surface area contributed by atoms with Gasteiger partial charge in [-0.3, -0.25) is 14.4 Å². The number of hydrogen-bond acceptors (Lipinski definition) is 5. The van der Waals surface area contributed by atoms with Crippen molar-refractivity contribution in [3.63, 3.8) is 0 Å². The summed E-state index contributed by atoms with van der Waals surface area (Å²) in [6.45, 7) is -0.892. The van der Waals surface area contributed by atoms with Crippen LogP contribution in [-0.4, -0.2) is 30.3 Å². The molecule has 3 aromatic carbocycles. The molecule has 11 heteroatoms. The van der Waals surface area contributed by atoms with E-state index in [4.69, 9.17) is 4.74 Å². The molecule has 0 bridgehead atoms. The van der Waals surface area contributed by atoms with E-state index in [2.05, 4.69) is 0 Å². The molecule has 1 aliphatic rings. The monoisotopic (exact) mass is 486 g/mol. The van der Waals surface area contributed by atoms with Crippen LogP contribution >= 0.6 is 0 Å². The Balaban J connectivity index is 1.45. The molecule has 35 heavy (non-hydrogen) atoms. The van der Waals surface area contributed by atoms with Crippen LogP contribution in [0.4, 0.5) is 28.9 Å². The number of imide groups is 1. The summed E-state index contributed by atoms with van der Waals surface area (Å²) < 4.78 is 57.2. The Morgan fingerprint density at radius 1 is 0.886 bits per heavy atom. The van der Waals surface area contributed by atoms with Gasteiger partial charge >= 0.3 is 12.1 Å². The zero-order valence-corrected chi connectivity index (χ0v) is 17.6. The number of esters is 1. The number of benzene rings is 3. The van der Waals surface area contributed by atoms with E-state index in [-0.39, 0.29) is 22.4 Å². The van der Waals surface area contributed by atoms with Crippen molar-refractivity contribution in [2.24, 2.45) is 0 Å². The Labute approximate surface area is 194 Å². The standard InChI is InChI=1S/C24H14F4N2O5/c25-14-6-8-15(9-7-14)30-21(32)16-10-5-13(11-17(16)22(30)33)23(34)35-12-20(31)29-19-4-2-1-3-18(19)24(26,27)28/h1-11H,12H2,(H,29,31). The van der Waals surface area contributed by atoms with Gasteiger partial charge < -0.3 is 10.1 Å². The highest BCUT2D eigenvalue weighted by Gasteiger charge is 2.37. The Bertz CT molecular complexity index is 1350. The number of anilines is 2. The average Bonchev–Trinajstić information content (AvgIpc) is 3.07. The van der Waals surface area contributed by atoms with Gasteiger partial charge in [-0.05, 0) is 54.6 Å². The van der Waals surface area contributed by atoms with E-state index in [1.807, 2.05) is 5.32 Å². The lowest BCUT2D eigenvalue weighted by atomic mass is 10.1. The van der Waals surface area contributed by atoms with Gasteiger partial charge in [-0.2, -0.15) is 13.2 Å². The van der Waals surface area contributed by atoms with Gasteiger partial charge in [-0.15, -0.1) is 0 Å². The van der Waals surface area contributed by atoms with Crippen LogP contribution in [0.3, 0.4) is 0 Å². The minimum atomic E-state index is -4.70. The summed E-state index contributed by atoms with van der Waals surface area (Å²) in [6.07, 6.45) is -4.70. The third kappa shape index (κ3) is 4.74. The van der Waals surface area contributed by atoms with Gasteiger partial charge in [0.15, 0.2) is 6.61 Å². The fraction of sp³-hybridized carbons (Fsp3) is 0.0833. The highest BCUT2D eigenvalue weighted by Crippen LogP contribution is 2.34. The highest BCUT2D eigenvalue weighted by molar-refractivity contribution is 6.34. The van der Waals surface area contributed by atoms with Crippen molar-refractivity contribution in [3.8, 4) is 0 Å². The minimum absolute atomic E-state index is 0.0115. The van der Waals surface area contributed by atoms with Crippen LogP contribution in [0.1, 0.15) is 36.6 Å². The number of hydrogen-bond donors (Lipinski definition) is 1. The maximum atomic E-state index is 13.2. The number of ether oxygens (including phenoxy) is 1. The molecule has 0 aliphatic carbocycles. The van der Waals surface area contributed by atoms with Crippen LogP contribution in [0.2, 0.25) is 0 Å². The van der Waals surface area contributed by atoms with Gasteiger partial charge in [0.25, 0.3) is 17.7 Å². The van der Waals surface area contributed by atoms with Crippen LogP contribution < -0.4 is 10.2 Å². The van der Waals surface area contributed by atoms with Crippen molar-refractivity contribution in [1.29, 1.82) is 0 Å². The number of carbonyl (C=O) groups excluding carboxylic acids is 4. The molecule has 0 fully saturated rings. The number of rotatable bonds is 5. The molecule has 0 spiro atoms. The molecule has 0 saturated carbocycles. The fourth-order valence-corrected chi connectivity index (χ4v) is 3.43. The van der Waals surface area contributed by atoms with Gasteiger partial charge in [-0.25, -0.2) is 14.1 Å². The Morgan fingerprint density at radius 2 is 1.54 bits per heavy atom. The maximum Gasteiger partial charge on any atom is 0.418 e. The first-order chi connectivity index (χ1) is 16.6. The second kappa shape index (κ2) is 9.01. The molecule has 0 unspecified atom stereocenters. The zero-order valence-electron chi connectivity index (χ0n) is 17.6. The lowest BCUT2D eigenvalue weighted by molar-refractivity contribution is -0.137. The summed E-state index contributed by atoms with van der Waals surface area (Å²) in [4.78, 5) is 50.6. The summed E-state index contributed by atoms with van der Waals surface area (Å²) in [7, 11) is 0. The van der Waals surface area contributed by atoms with E-state index in [9.17, 15) is 36.7 Å². The predicted molar refractivity (Wildman–Crippen MR) is 114 cm³/mol. The van der Waals surface area contributed by atoms with Crippen LogP contribution in [0.25, 0.3) is 0 Å². The van der Waals surface area contributed by atoms with E-state index in [1.54, 1.807) is 0 Å². The summed E-state index contributed by atoms with van der Waals surface area (Å²) in [5, 5.41) is 2.04. The number of fused-ring (bicyclic) bond motifs is 1. The largest absolute Gasteiger partial charge is 0.452 e. The van der Waals surface area contributed by atoms with Crippen LogP contribution in [0.15, 0.2) is 66.7 Å².